The lowest BCUT2D eigenvalue weighted by Crippen LogP contribution is -2.30. The Bertz CT molecular complexity index is 677. The second-order valence-corrected chi connectivity index (χ2v) is 10.7. The van der Waals surface area contributed by atoms with Crippen molar-refractivity contribution in [2.45, 2.75) is 55.1 Å². The first-order valence-corrected chi connectivity index (χ1v) is 10.3. The molecule has 0 radical (unpaired) electrons. The quantitative estimate of drug-likeness (QED) is 0.813. The van der Waals surface area contributed by atoms with Crippen LogP contribution >= 0.6 is 23.5 Å². The van der Waals surface area contributed by atoms with E-state index in [4.69, 9.17) is 9.84 Å². The van der Waals surface area contributed by atoms with E-state index < -0.39 is 12.1 Å². The van der Waals surface area contributed by atoms with Crippen molar-refractivity contribution in [1.82, 2.24) is 0 Å². The van der Waals surface area contributed by atoms with Crippen LogP contribution in [0.1, 0.15) is 37.8 Å². The lowest BCUT2D eigenvalue weighted by Gasteiger charge is -2.23. The summed E-state index contributed by atoms with van der Waals surface area (Å²) in [5, 5.41) is 12.6. The van der Waals surface area contributed by atoms with Crippen molar-refractivity contribution in [3.8, 4) is 0 Å². The first kappa shape index (κ1) is 18.6. The summed E-state index contributed by atoms with van der Waals surface area (Å²) in [6.45, 7) is 4.75. The van der Waals surface area contributed by atoms with Gasteiger partial charge in [-0.15, -0.1) is 23.5 Å². The van der Waals surface area contributed by atoms with Crippen molar-refractivity contribution in [1.29, 1.82) is 0 Å². The van der Waals surface area contributed by atoms with Crippen LogP contribution in [0.15, 0.2) is 18.2 Å². The minimum Gasteiger partial charge on any atom is -0.479 e. The lowest BCUT2D eigenvalue weighted by atomic mass is 9.98. The second kappa shape index (κ2) is 7.60. The second-order valence-electron chi connectivity index (χ2n) is 6.86. The summed E-state index contributed by atoms with van der Waals surface area (Å²) in [5.41, 5.74) is 2.64. The van der Waals surface area contributed by atoms with E-state index in [1.54, 1.807) is 0 Å². The highest BCUT2D eigenvalue weighted by atomic mass is 32.2. The number of amides is 1. The normalized spacial score (nSPS) is 24.6. The van der Waals surface area contributed by atoms with Gasteiger partial charge in [0.25, 0.3) is 0 Å². The molecule has 0 aromatic heterocycles. The van der Waals surface area contributed by atoms with E-state index in [1.807, 2.05) is 41.7 Å². The van der Waals surface area contributed by atoms with Crippen LogP contribution in [-0.4, -0.2) is 38.2 Å². The van der Waals surface area contributed by atoms with Crippen LogP contribution < -0.4 is 5.32 Å². The number of hydrogen-bond acceptors (Lipinski definition) is 5. The van der Waals surface area contributed by atoms with Crippen molar-refractivity contribution in [3.05, 3.63) is 29.3 Å². The zero-order valence-electron chi connectivity index (χ0n) is 14.4. The van der Waals surface area contributed by atoms with Gasteiger partial charge >= 0.3 is 5.97 Å². The van der Waals surface area contributed by atoms with Gasteiger partial charge in [0.05, 0.1) is 10.7 Å². The predicted molar refractivity (Wildman–Crippen MR) is 102 cm³/mol. The lowest BCUT2D eigenvalue weighted by molar-refractivity contribution is -0.152. The number of anilines is 1. The first-order chi connectivity index (χ1) is 11.8. The SMILES string of the molecule is CC1(C)SCC(CCC(=O)Nc2ccc3c(c2)C[C@@H](C(=O)O)OC3)S1. The van der Waals surface area contributed by atoms with Gasteiger partial charge < -0.3 is 15.2 Å². The Balaban J connectivity index is 1.54. The first-order valence-electron chi connectivity index (χ1n) is 8.40. The molecule has 0 spiro atoms. The van der Waals surface area contributed by atoms with Crippen molar-refractivity contribution >= 4 is 41.1 Å². The molecule has 1 unspecified atom stereocenters. The van der Waals surface area contributed by atoms with Crippen molar-refractivity contribution < 1.29 is 19.4 Å². The fourth-order valence-corrected chi connectivity index (χ4v) is 6.22. The zero-order chi connectivity index (χ0) is 18.0. The van der Waals surface area contributed by atoms with Crippen molar-refractivity contribution in [2.75, 3.05) is 11.1 Å². The molecule has 1 aromatic rings. The minimum atomic E-state index is -0.949. The van der Waals surface area contributed by atoms with Crippen LogP contribution in [0, 0.1) is 0 Å². The molecular weight excluding hydrogens is 358 g/mol. The fraction of sp³-hybridized carbons (Fsp3) is 0.556. The molecule has 2 aliphatic rings. The van der Waals surface area contributed by atoms with Crippen LogP contribution in [0.3, 0.4) is 0 Å². The molecule has 5 nitrogen and oxygen atoms in total. The number of ether oxygens (including phenoxy) is 1. The topological polar surface area (TPSA) is 75.6 Å². The summed E-state index contributed by atoms with van der Waals surface area (Å²) in [6, 6.07) is 5.62. The number of fused-ring (bicyclic) bond motifs is 1. The number of carbonyl (C=O) groups excluding carboxylic acids is 1. The molecule has 1 saturated heterocycles. The summed E-state index contributed by atoms with van der Waals surface area (Å²) >= 11 is 3.90. The van der Waals surface area contributed by atoms with E-state index in [1.165, 1.54) is 0 Å². The van der Waals surface area contributed by atoms with Gasteiger partial charge in [-0.25, -0.2) is 4.79 Å². The molecule has 2 aliphatic heterocycles. The number of carboxylic acid groups (broad SMARTS) is 1. The maximum Gasteiger partial charge on any atom is 0.333 e. The molecule has 1 fully saturated rings. The molecule has 25 heavy (non-hydrogen) atoms. The van der Waals surface area contributed by atoms with E-state index in [2.05, 4.69) is 19.2 Å². The van der Waals surface area contributed by atoms with Gasteiger partial charge in [0.2, 0.25) is 5.91 Å². The average molecular weight is 382 g/mol. The highest BCUT2D eigenvalue weighted by molar-refractivity contribution is 8.21. The standard InChI is InChI=1S/C18H23NO4S2/c1-18(2)24-10-14(25-18)5-6-16(20)19-13-4-3-11-9-23-15(17(21)22)8-12(11)7-13/h3-4,7,14-15H,5-6,8-10H2,1-2H3,(H,19,20)(H,21,22)/t14?,15-/m0/s1. The number of benzene rings is 1. The predicted octanol–water partition coefficient (Wildman–Crippen LogP) is 3.52. The smallest absolute Gasteiger partial charge is 0.333 e. The number of hydrogen-bond donors (Lipinski definition) is 2. The number of aliphatic carboxylic acids is 1. The molecular formula is C18H23NO4S2. The Kier molecular flexibility index (Phi) is 5.65. The largest absolute Gasteiger partial charge is 0.479 e. The zero-order valence-corrected chi connectivity index (χ0v) is 16.0. The van der Waals surface area contributed by atoms with E-state index in [-0.39, 0.29) is 9.99 Å². The molecule has 2 heterocycles. The monoisotopic (exact) mass is 381 g/mol. The minimum absolute atomic E-state index is 0.0112. The molecule has 1 aromatic carbocycles. The van der Waals surface area contributed by atoms with Gasteiger partial charge in [0, 0.05) is 29.5 Å². The van der Waals surface area contributed by atoms with Crippen LogP contribution in [0.25, 0.3) is 0 Å². The Morgan fingerprint density at radius 1 is 1.36 bits per heavy atom. The number of carbonyl (C=O) groups is 2. The molecule has 2 atom stereocenters. The number of rotatable bonds is 5. The van der Waals surface area contributed by atoms with Gasteiger partial charge in [-0.3, -0.25) is 4.79 Å². The maximum absolute atomic E-state index is 12.2. The van der Waals surface area contributed by atoms with Crippen LogP contribution in [0.4, 0.5) is 5.69 Å². The highest BCUT2D eigenvalue weighted by Gasteiger charge is 2.32. The van der Waals surface area contributed by atoms with Crippen molar-refractivity contribution in [2.24, 2.45) is 0 Å². The third-order valence-electron chi connectivity index (χ3n) is 4.37. The summed E-state index contributed by atoms with van der Waals surface area (Å²) in [4.78, 5) is 23.3. The molecule has 7 heteroatoms. The van der Waals surface area contributed by atoms with E-state index in [0.29, 0.717) is 24.7 Å². The molecule has 0 saturated carbocycles. The molecule has 3 rings (SSSR count). The Morgan fingerprint density at radius 2 is 2.16 bits per heavy atom. The van der Waals surface area contributed by atoms with Gasteiger partial charge in [-0.1, -0.05) is 6.07 Å². The van der Waals surface area contributed by atoms with Crippen LogP contribution in [-0.2, 0) is 27.4 Å². The summed E-state index contributed by atoms with van der Waals surface area (Å²) < 4.78 is 5.56. The van der Waals surface area contributed by atoms with E-state index >= 15 is 0 Å². The molecule has 0 aliphatic carbocycles. The third kappa shape index (κ3) is 4.92. The third-order valence-corrected chi connectivity index (χ3v) is 7.79. The highest BCUT2D eigenvalue weighted by Crippen LogP contribution is 2.48. The average Bonchev–Trinajstić information content (AvgIpc) is 2.91. The maximum atomic E-state index is 12.2. The van der Waals surface area contributed by atoms with Gasteiger partial charge in [0.15, 0.2) is 6.10 Å². The molecule has 0 bridgehead atoms. The molecule has 136 valence electrons. The van der Waals surface area contributed by atoms with E-state index in [0.717, 1.165) is 29.0 Å². The van der Waals surface area contributed by atoms with Gasteiger partial charge in [0.1, 0.15) is 0 Å². The van der Waals surface area contributed by atoms with Gasteiger partial charge in [-0.05, 0) is 43.5 Å². The number of thioether (sulfide) groups is 2. The van der Waals surface area contributed by atoms with Crippen molar-refractivity contribution in [3.63, 3.8) is 0 Å². The number of nitrogens with one attached hydrogen (secondary N) is 1. The molecule has 1 amide bonds. The Hall–Kier alpha value is -1.18. The Morgan fingerprint density at radius 3 is 2.84 bits per heavy atom. The number of carboxylic acids is 1. The fourth-order valence-electron chi connectivity index (χ4n) is 3.06. The van der Waals surface area contributed by atoms with E-state index in [9.17, 15) is 9.59 Å². The Labute approximate surface area is 156 Å². The van der Waals surface area contributed by atoms with Crippen LogP contribution in [0.2, 0.25) is 0 Å². The molecule has 2 N–H and O–H groups in total. The summed E-state index contributed by atoms with van der Waals surface area (Å²) in [5.74, 6) is 0.160. The summed E-state index contributed by atoms with van der Waals surface area (Å²) in [6.07, 6.45) is 0.914. The van der Waals surface area contributed by atoms with Gasteiger partial charge in [-0.2, -0.15) is 0 Å². The summed E-state index contributed by atoms with van der Waals surface area (Å²) in [7, 11) is 0. The van der Waals surface area contributed by atoms with Crippen LogP contribution in [0.5, 0.6) is 0 Å².